The molecule has 0 atom stereocenters. The van der Waals surface area contributed by atoms with Gasteiger partial charge in [0.1, 0.15) is 11.5 Å². The Kier molecular flexibility index (Phi) is 4.82. The molecule has 1 rings (SSSR count). The number of alkyl halides is 1. The van der Waals surface area contributed by atoms with E-state index in [1.165, 1.54) is 0 Å². The van der Waals surface area contributed by atoms with Gasteiger partial charge in [0.2, 0.25) is 0 Å². The highest BCUT2D eigenvalue weighted by Crippen LogP contribution is 2.33. The normalized spacial score (nSPS) is 10.2. The van der Waals surface area contributed by atoms with Gasteiger partial charge in [-0.3, -0.25) is 4.79 Å². The maximum absolute atomic E-state index is 11.9. The number of carbonyl (C=O) groups is 1. The molecule has 94 valence electrons. The quantitative estimate of drug-likeness (QED) is 0.600. The molecule has 1 aromatic rings. The molecule has 0 aliphatic rings. The van der Waals surface area contributed by atoms with E-state index in [9.17, 15) is 4.79 Å². The summed E-state index contributed by atoms with van der Waals surface area (Å²) in [4.78, 5) is 11.9. The summed E-state index contributed by atoms with van der Waals surface area (Å²) < 4.78 is 10.6. The largest absolute Gasteiger partial charge is 0.496 e. The molecule has 3 nitrogen and oxygen atoms in total. The molecule has 0 heterocycles. The van der Waals surface area contributed by atoms with Crippen molar-refractivity contribution < 1.29 is 14.3 Å². The van der Waals surface area contributed by atoms with Gasteiger partial charge in [0.05, 0.1) is 19.8 Å². The van der Waals surface area contributed by atoms with E-state index in [2.05, 4.69) is 0 Å². The summed E-state index contributed by atoms with van der Waals surface area (Å²) in [5.74, 6) is 1.58. The number of hydrogen-bond donors (Lipinski definition) is 0. The van der Waals surface area contributed by atoms with Gasteiger partial charge in [-0.05, 0) is 31.0 Å². The monoisotopic (exact) mass is 256 g/mol. The van der Waals surface area contributed by atoms with Crippen molar-refractivity contribution >= 4 is 17.4 Å². The van der Waals surface area contributed by atoms with Crippen LogP contribution in [0.25, 0.3) is 0 Å². The Labute approximate surface area is 107 Å². The number of rotatable bonds is 5. The van der Waals surface area contributed by atoms with Crippen LogP contribution in [0.2, 0.25) is 0 Å². The third-order valence-corrected chi connectivity index (χ3v) is 3.03. The molecule has 0 aromatic heterocycles. The smallest absolute Gasteiger partial charge is 0.167 e. The molecule has 4 heteroatoms. The average molecular weight is 257 g/mol. The minimum atomic E-state index is -0.0294. The molecule has 0 aliphatic heterocycles. The molecule has 0 unspecified atom stereocenters. The molecular weight excluding hydrogens is 240 g/mol. The van der Waals surface area contributed by atoms with Crippen LogP contribution in [0.5, 0.6) is 11.5 Å². The molecule has 17 heavy (non-hydrogen) atoms. The molecule has 0 N–H and O–H groups in total. The molecule has 0 fully saturated rings. The predicted molar refractivity (Wildman–Crippen MR) is 68.7 cm³/mol. The zero-order valence-corrected chi connectivity index (χ0v) is 11.4. The fourth-order valence-corrected chi connectivity index (χ4v) is 1.94. The maximum Gasteiger partial charge on any atom is 0.167 e. The van der Waals surface area contributed by atoms with E-state index >= 15 is 0 Å². The fourth-order valence-electron chi connectivity index (χ4n) is 1.76. The highest BCUT2D eigenvalue weighted by atomic mass is 35.5. The van der Waals surface area contributed by atoms with Crippen molar-refractivity contribution in [1.82, 2.24) is 0 Å². The third kappa shape index (κ3) is 2.72. The van der Waals surface area contributed by atoms with E-state index in [4.69, 9.17) is 21.1 Å². The Bertz CT molecular complexity index is 427. The van der Waals surface area contributed by atoms with Gasteiger partial charge in [0, 0.05) is 12.3 Å². The molecule has 0 saturated heterocycles. The number of benzene rings is 1. The van der Waals surface area contributed by atoms with Crippen molar-refractivity contribution in [2.75, 3.05) is 20.1 Å². The summed E-state index contributed by atoms with van der Waals surface area (Å²) in [6.07, 6.45) is 0.295. The average Bonchev–Trinajstić information content (AvgIpc) is 2.32. The summed E-state index contributed by atoms with van der Waals surface area (Å²) >= 11 is 5.59. The van der Waals surface area contributed by atoms with Crippen molar-refractivity contribution in [2.24, 2.45) is 0 Å². The molecule has 0 bridgehead atoms. The number of carbonyl (C=O) groups excluding carboxylic acids is 1. The summed E-state index contributed by atoms with van der Waals surface area (Å²) in [6, 6.07) is 1.72. The topological polar surface area (TPSA) is 35.5 Å². The summed E-state index contributed by atoms with van der Waals surface area (Å²) in [5, 5.41) is 0. The minimum absolute atomic E-state index is 0.0294. The predicted octanol–water partition coefficient (Wildman–Crippen LogP) is 3.13. The van der Waals surface area contributed by atoms with Crippen molar-refractivity contribution in [1.29, 1.82) is 0 Å². The lowest BCUT2D eigenvalue weighted by Gasteiger charge is -2.15. The Hall–Kier alpha value is -1.22. The molecule has 0 spiro atoms. The summed E-state index contributed by atoms with van der Waals surface area (Å²) in [6.45, 7) is 3.85. The molecule has 0 aliphatic carbocycles. The van der Waals surface area contributed by atoms with Crippen molar-refractivity contribution in [3.63, 3.8) is 0 Å². The Balaban J connectivity index is 3.37. The van der Waals surface area contributed by atoms with Crippen LogP contribution in [0.15, 0.2) is 6.07 Å². The Morgan fingerprint density at radius 2 is 1.88 bits per heavy atom. The van der Waals surface area contributed by atoms with E-state index in [0.717, 1.165) is 11.1 Å². The molecular formula is C13H17ClO3. The summed E-state index contributed by atoms with van der Waals surface area (Å²) in [5.41, 5.74) is 2.43. The first kappa shape index (κ1) is 13.8. The van der Waals surface area contributed by atoms with Crippen LogP contribution in [0.1, 0.15) is 27.9 Å². The van der Waals surface area contributed by atoms with Gasteiger partial charge < -0.3 is 9.47 Å². The zero-order chi connectivity index (χ0) is 13.0. The van der Waals surface area contributed by atoms with Gasteiger partial charge in [0.25, 0.3) is 0 Å². The van der Waals surface area contributed by atoms with Crippen LogP contribution < -0.4 is 9.47 Å². The number of hydrogen-bond acceptors (Lipinski definition) is 3. The SMILES string of the molecule is COc1cc(C(=O)CCCl)c(OC)c(C)c1C. The standard InChI is InChI=1S/C13H17ClO3/c1-8-9(2)13(17-4)10(7-12(8)16-3)11(15)5-6-14/h7H,5-6H2,1-4H3. The van der Waals surface area contributed by atoms with Gasteiger partial charge in [0.15, 0.2) is 5.78 Å². The van der Waals surface area contributed by atoms with Gasteiger partial charge >= 0.3 is 0 Å². The second-order valence-corrected chi connectivity index (χ2v) is 4.15. The van der Waals surface area contributed by atoms with E-state index in [1.807, 2.05) is 13.8 Å². The number of ether oxygens (including phenoxy) is 2. The lowest BCUT2D eigenvalue weighted by Crippen LogP contribution is -2.06. The van der Waals surface area contributed by atoms with Crippen LogP contribution in [0.4, 0.5) is 0 Å². The first-order valence-electron chi connectivity index (χ1n) is 5.38. The highest BCUT2D eigenvalue weighted by molar-refractivity contribution is 6.19. The van der Waals surface area contributed by atoms with E-state index in [0.29, 0.717) is 29.4 Å². The maximum atomic E-state index is 11.9. The summed E-state index contributed by atoms with van der Waals surface area (Å²) in [7, 11) is 3.15. The third-order valence-electron chi connectivity index (χ3n) is 2.84. The lowest BCUT2D eigenvalue weighted by atomic mass is 9.99. The van der Waals surface area contributed by atoms with Crippen LogP contribution >= 0.6 is 11.6 Å². The first-order chi connectivity index (χ1) is 8.06. The van der Waals surface area contributed by atoms with E-state index < -0.39 is 0 Å². The van der Waals surface area contributed by atoms with Crippen molar-refractivity contribution in [3.05, 3.63) is 22.8 Å². The Morgan fingerprint density at radius 3 is 2.35 bits per heavy atom. The molecule has 0 amide bonds. The zero-order valence-electron chi connectivity index (χ0n) is 10.6. The van der Waals surface area contributed by atoms with Crippen LogP contribution in [0, 0.1) is 13.8 Å². The molecule has 0 saturated carbocycles. The second kappa shape index (κ2) is 5.92. The van der Waals surface area contributed by atoms with Gasteiger partial charge in [-0.15, -0.1) is 11.6 Å². The van der Waals surface area contributed by atoms with Crippen molar-refractivity contribution in [3.8, 4) is 11.5 Å². The number of Topliss-reactive ketones (excluding diaryl/α,β-unsaturated/α-hetero) is 1. The highest BCUT2D eigenvalue weighted by Gasteiger charge is 2.18. The number of halogens is 1. The van der Waals surface area contributed by atoms with Crippen molar-refractivity contribution in [2.45, 2.75) is 20.3 Å². The van der Waals surface area contributed by atoms with Crippen LogP contribution in [-0.4, -0.2) is 25.9 Å². The molecule has 1 aromatic carbocycles. The first-order valence-corrected chi connectivity index (χ1v) is 5.91. The van der Waals surface area contributed by atoms with E-state index in [-0.39, 0.29) is 5.78 Å². The van der Waals surface area contributed by atoms with Gasteiger partial charge in [-0.1, -0.05) is 0 Å². The van der Waals surface area contributed by atoms with Gasteiger partial charge in [-0.2, -0.15) is 0 Å². The van der Waals surface area contributed by atoms with Crippen LogP contribution in [0.3, 0.4) is 0 Å². The molecule has 0 radical (unpaired) electrons. The Morgan fingerprint density at radius 1 is 1.24 bits per heavy atom. The number of methoxy groups -OCH3 is 2. The van der Waals surface area contributed by atoms with E-state index in [1.54, 1.807) is 20.3 Å². The fraction of sp³-hybridized carbons (Fsp3) is 0.462. The minimum Gasteiger partial charge on any atom is -0.496 e. The number of ketones is 1. The second-order valence-electron chi connectivity index (χ2n) is 3.77. The van der Waals surface area contributed by atoms with Gasteiger partial charge in [-0.25, -0.2) is 0 Å². The van der Waals surface area contributed by atoms with Crippen LogP contribution in [-0.2, 0) is 0 Å². The lowest BCUT2D eigenvalue weighted by molar-refractivity contribution is 0.0985.